The van der Waals surface area contributed by atoms with Crippen molar-refractivity contribution in [3.8, 4) is 11.3 Å². The fourth-order valence-corrected chi connectivity index (χ4v) is 2.60. The average Bonchev–Trinajstić information content (AvgIpc) is 2.98. The van der Waals surface area contributed by atoms with E-state index in [1.54, 1.807) is 6.33 Å². The van der Waals surface area contributed by atoms with E-state index in [-0.39, 0.29) is 0 Å². The Bertz CT molecular complexity index is 861. The van der Waals surface area contributed by atoms with Gasteiger partial charge >= 0.3 is 0 Å². The van der Waals surface area contributed by atoms with Crippen molar-refractivity contribution in [1.82, 2.24) is 9.97 Å². The first-order valence-corrected chi connectivity index (χ1v) is 6.32. The van der Waals surface area contributed by atoms with Gasteiger partial charge in [-0.1, -0.05) is 42.5 Å². The molecule has 90 valence electrons. The second-order valence-corrected chi connectivity index (χ2v) is 4.69. The molecular formula is C17H12N2. The van der Waals surface area contributed by atoms with Crippen LogP contribution in [0.5, 0.6) is 0 Å². The van der Waals surface area contributed by atoms with Crippen LogP contribution in [0, 0.1) is 0 Å². The fraction of sp³-hybridized carbons (Fsp3) is 0. The van der Waals surface area contributed by atoms with Crippen molar-refractivity contribution in [2.75, 3.05) is 0 Å². The molecule has 0 saturated heterocycles. The molecule has 1 heterocycles. The molecule has 0 radical (unpaired) electrons. The van der Waals surface area contributed by atoms with Crippen molar-refractivity contribution in [3.05, 3.63) is 67.1 Å². The molecule has 0 aliphatic heterocycles. The van der Waals surface area contributed by atoms with Crippen LogP contribution in [-0.2, 0) is 0 Å². The summed E-state index contributed by atoms with van der Waals surface area (Å²) in [5.74, 6) is 0. The molecule has 0 fully saturated rings. The Labute approximate surface area is 110 Å². The normalized spacial score (nSPS) is 11.2. The van der Waals surface area contributed by atoms with Crippen molar-refractivity contribution in [1.29, 1.82) is 0 Å². The van der Waals surface area contributed by atoms with Crippen molar-refractivity contribution in [2.45, 2.75) is 0 Å². The molecule has 1 N–H and O–H groups in total. The van der Waals surface area contributed by atoms with Gasteiger partial charge in [-0.2, -0.15) is 0 Å². The van der Waals surface area contributed by atoms with Crippen LogP contribution in [0.15, 0.2) is 67.1 Å². The Morgan fingerprint density at radius 2 is 1.58 bits per heavy atom. The molecule has 4 aromatic rings. The first-order chi connectivity index (χ1) is 9.42. The van der Waals surface area contributed by atoms with E-state index in [2.05, 4.69) is 64.6 Å². The quantitative estimate of drug-likeness (QED) is 0.494. The van der Waals surface area contributed by atoms with Crippen LogP contribution in [0.1, 0.15) is 0 Å². The third kappa shape index (κ3) is 1.61. The highest BCUT2D eigenvalue weighted by Gasteiger charge is 2.05. The van der Waals surface area contributed by atoms with Crippen molar-refractivity contribution >= 4 is 21.5 Å². The first kappa shape index (κ1) is 10.3. The van der Waals surface area contributed by atoms with Gasteiger partial charge in [0.15, 0.2) is 0 Å². The molecule has 0 aliphatic rings. The van der Waals surface area contributed by atoms with Gasteiger partial charge in [0.25, 0.3) is 0 Å². The predicted octanol–water partition coefficient (Wildman–Crippen LogP) is 4.38. The topological polar surface area (TPSA) is 28.7 Å². The number of nitrogens with zero attached hydrogens (tertiary/aromatic N) is 1. The summed E-state index contributed by atoms with van der Waals surface area (Å²) in [4.78, 5) is 7.29. The maximum atomic E-state index is 4.11. The summed E-state index contributed by atoms with van der Waals surface area (Å²) >= 11 is 0. The van der Waals surface area contributed by atoms with Gasteiger partial charge in [-0.15, -0.1) is 0 Å². The monoisotopic (exact) mass is 244 g/mol. The van der Waals surface area contributed by atoms with Crippen molar-refractivity contribution < 1.29 is 0 Å². The highest BCUT2D eigenvalue weighted by molar-refractivity contribution is 6.04. The van der Waals surface area contributed by atoms with E-state index in [9.17, 15) is 0 Å². The number of imidazole rings is 1. The molecule has 19 heavy (non-hydrogen) atoms. The highest BCUT2D eigenvalue weighted by Crippen LogP contribution is 2.30. The van der Waals surface area contributed by atoms with Crippen molar-refractivity contribution in [2.24, 2.45) is 0 Å². The number of aromatic amines is 1. The summed E-state index contributed by atoms with van der Waals surface area (Å²) in [5, 5.41) is 5.05. The molecule has 0 bridgehead atoms. The second-order valence-electron chi connectivity index (χ2n) is 4.69. The lowest BCUT2D eigenvalue weighted by atomic mass is 9.98. The maximum absolute atomic E-state index is 4.11. The average molecular weight is 244 g/mol. The lowest BCUT2D eigenvalue weighted by Gasteiger charge is -2.07. The van der Waals surface area contributed by atoms with Gasteiger partial charge < -0.3 is 4.98 Å². The summed E-state index contributed by atoms with van der Waals surface area (Å²) in [5.41, 5.74) is 2.25. The molecule has 1 aromatic heterocycles. The fourth-order valence-electron chi connectivity index (χ4n) is 2.60. The van der Waals surface area contributed by atoms with E-state index in [1.807, 2.05) is 6.20 Å². The lowest BCUT2D eigenvalue weighted by Crippen LogP contribution is -1.82. The number of fused-ring (bicyclic) bond motifs is 2. The van der Waals surface area contributed by atoms with Gasteiger partial charge in [0.05, 0.1) is 18.2 Å². The summed E-state index contributed by atoms with van der Waals surface area (Å²) < 4.78 is 0. The summed E-state index contributed by atoms with van der Waals surface area (Å²) in [6, 6.07) is 19.3. The Kier molecular flexibility index (Phi) is 2.15. The zero-order valence-corrected chi connectivity index (χ0v) is 10.3. The smallest absolute Gasteiger partial charge is 0.0924 e. The number of rotatable bonds is 1. The maximum Gasteiger partial charge on any atom is 0.0924 e. The minimum atomic E-state index is 1.06. The number of benzene rings is 3. The van der Waals surface area contributed by atoms with Crippen LogP contribution < -0.4 is 0 Å². The first-order valence-electron chi connectivity index (χ1n) is 6.32. The van der Waals surface area contributed by atoms with E-state index < -0.39 is 0 Å². The molecule has 0 unspecified atom stereocenters. The molecule has 0 amide bonds. The molecule has 0 spiro atoms. The van der Waals surface area contributed by atoms with E-state index >= 15 is 0 Å². The van der Waals surface area contributed by atoms with Gasteiger partial charge in [-0.05, 0) is 33.7 Å². The Morgan fingerprint density at radius 1 is 0.789 bits per heavy atom. The van der Waals surface area contributed by atoms with Gasteiger partial charge in [0, 0.05) is 5.56 Å². The van der Waals surface area contributed by atoms with Crippen LogP contribution in [0.2, 0.25) is 0 Å². The Morgan fingerprint density at radius 3 is 2.37 bits per heavy atom. The van der Waals surface area contributed by atoms with Crippen LogP contribution in [-0.4, -0.2) is 9.97 Å². The second kappa shape index (κ2) is 3.95. The SMILES string of the molecule is c1ccc2cc3c(-c4cnc[nH]4)cccc3cc2c1. The minimum Gasteiger partial charge on any atom is -0.345 e. The third-order valence-corrected chi connectivity index (χ3v) is 3.54. The number of hydrogen-bond acceptors (Lipinski definition) is 1. The summed E-state index contributed by atoms with van der Waals surface area (Å²) in [6.07, 6.45) is 3.58. The van der Waals surface area contributed by atoms with E-state index in [0.29, 0.717) is 0 Å². The molecule has 2 nitrogen and oxygen atoms in total. The predicted molar refractivity (Wildman–Crippen MR) is 79.0 cm³/mol. The number of aromatic nitrogens is 2. The minimum absolute atomic E-state index is 1.06. The van der Waals surface area contributed by atoms with Crippen molar-refractivity contribution in [3.63, 3.8) is 0 Å². The summed E-state index contributed by atoms with van der Waals surface area (Å²) in [7, 11) is 0. The Hall–Kier alpha value is -2.61. The molecule has 3 aromatic carbocycles. The van der Waals surface area contributed by atoms with Gasteiger partial charge in [-0.3, -0.25) is 0 Å². The molecule has 2 heteroatoms. The van der Waals surface area contributed by atoms with E-state index in [1.165, 1.54) is 27.1 Å². The number of H-pyrrole nitrogens is 1. The number of nitrogens with one attached hydrogen (secondary N) is 1. The van der Waals surface area contributed by atoms with E-state index in [4.69, 9.17) is 0 Å². The standard InChI is InChI=1S/C17H12N2/c1-2-5-13-9-16-14(8-12(13)4-1)6-3-7-15(16)17-10-18-11-19-17/h1-11H,(H,18,19). The van der Waals surface area contributed by atoms with Gasteiger partial charge in [0.2, 0.25) is 0 Å². The molecule has 0 aliphatic carbocycles. The van der Waals surface area contributed by atoms with Gasteiger partial charge in [0.1, 0.15) is 0 Å². The third-order valence-electron chi connectivity index (χ3n) is 3.54. The van der Waals surface area contributed by atoms with Crippen LogP contribution in [0.25, 0.3) is 32.8 Å². The lowest BCUT2D eigenvalue weighted by molar-refractivity contribution is 1.31. The molecular weight excluding hydrogens is 232 g/mol. The number of hydrogen-bond donors (Lipinski definition) is 1. The van der Waals surface area contributed by atoms with Crippen LogP contribution in [0.3, 0.4) is 0 Å². The summed E-state index contributed by atoms with van der Waals surface area (Å²) in [6.45, 7) is 0. The highest BCUT2D eigenvalue weighted by atomic mass is 14.9. The van der Waals surface area contributed by atoms with Gasteiger partial charge in [-0.25, -0.2) is 4.98 Å². The zero-order valence-electron chi connectivity index (χ0n) is 10.3. The van der Waals surface area contributed by atoms with E-state index in [0.717, 1.165) is 5.69 Å². The molecule has 0 saturated carbocycles. The Balaban J connectivity index is 2.12. The largest absolute Gasteiger partial charge is 0.345 e. The van der Waals surface area contributed by atoms with Crippen LogP contribution >= 0.6 is 0 Å². The molecule has 4 rings (SSSR count). The molecule has 0 atom stereocenters. The van der Waals surface area contributed by atoms with Crippen LogP contribution in [0.4, 0.5) is 0 Å². The zero-order chi connectivity index (χ0) is 12.7.